The van der Waals surface area contributed by atoms with Crippen LogP contribution in [0, 0.1) is 20.2 Å². The molecular formula is C18H12N6O9S. The largest absolute Gasteiger partial charge is 0.298 e. The molecule has 15 nitrogen and oxygen atoms in total. The molecule has 3 N–H and O–H groups in total. The molecule has 3 aromatic carbocycles. The second kappa shape index (κ2) is 9.35. The standard InChI is InChI=1S/C18H12N6O9S/c25-17-14(21-19-10-1-5-12(6-2-10)23(27)28)9-15(34(31,32)33)18(26)16(17)22-20-11-3-7-13(8-4-11)24(29)30/h1-9,19-20H,(H,31,32,33). The van der Waals surface area contributed by atoms with E-state index in [0.29, 0.717) is 6.07 Å². The van der Waals surface area contributed by atoms with Gasteiger partial charge in [0.15, 0.2) is 5.36 Å². The molecule has 0 bridgehead atoms. The molecule has 0 unspecified atom stereocenters. The third kappa shape index (κ3) is 5.31. The first-order chi connectivity index (χ1) is 16.0. The zero-order valence-corrected chi connectivity index (χ0v) is 17.4. The summed E-state index contributed by atoms with van der Waals surface area (Å²) in [5, 5.41) is 27.2. The van der Waals surface area contributed by atoms with Crippen molar-refractivity contribution in [2.75, 3.05) is 10.9 Å². The molecule has 0 saturated carbocycles. The Balaban J connectivity index is 2.08. The van der Waals surface area contributed by atoms with E-state index in [9.17, 15) is 42.8 Å². The lowest BCUT2D eigenvalue weighted by molar-refractivity contribution is -0.385. The van der Waals surface area contributed by atoms with Crippen molar-refractivity contribution in [3.63, 3.8) is 0 Å². The maximum Gasteiger partial charge on any atom is 0.298 e. The lowest BCUT2D eigenvalue weighted by Gasteiger charge is -2.01. The van der Waals surface area contributed by atoms with Gasteiger partial charge in [-0.25, -0.2) is 0 Å². The molecule has 0 heterocycles. The third-order valence-electron chi connectivity index (χ3n) is 4.19. The summed E-state index contributed by atoms with van der Waals surface area (Å²) in [7, 11) is -5.07. The van der Waals surface area contributed by atoms with Crippen LogP contribution in [0.3, 0.4) is 0 Å². The number of benzene rings is 3. The minimum absolute atomic E-state index is 0.129. The van der Waals surface area contributed by atoms with Crippen LogP contribution < -0.4 is 32.4 Å². The van der Waals surface area contributed by atoms with Crippen LogP contribution in [-0.4, -0.2) is 22.8 Å². The van der Waals surface area contributed by atoms with Crippen LogP contribution in [0.25, 0.3) is 0 Å². The fourth-order valence-corrected chi connectivity index (χ4v) is 3.12. The van der Waals surface area contributed by atoms with Crippen molar-refractivity contribution in [3.8, 4) is 0 Å². The molecule has 0 atom stereocenters. The normalized spacial score (nSPS) is 12.4. The molecule has 0 amide bonds. The van der Waals surface area contributed by atoms with Gasteiger partial charge in [0, 0.05) is 24.3 Å². The number of nitrogens with zero attached hydrogens (tertiary/aromatic N) is 4. The molecule has 0 saturated heterocycles. The van der Waals surface area contributed by atoms with Crippen LogP contribution in [0.1, 0.15) is 0 Å². The maximum atomic E-state index is 12.7. The number of nitro benzene ring substituents is 2. The minimum atomic E-state index is -5.07. The third-order valence-corrected chi connectivity index (χ3v) is 5.05. The Hall–Kier alpha value is -4.83. The number of hydrogen-bond acceptors (Lipinski definition) is 12. The predicted octanol–water partition coefficient (Wildman–Crippen LogP) is 0.201. The van der Waals surface area contributed by atoms with Gasteiger partial charge in [-0.2, -0.15) is 18.6 Å². The SMILES string of the molecule is O=c1c(S(=O)(=O)O)cc(=NNc2ccc([N+](=O)[O-])cc2)c(=O)c1=NNc1ccc([N+](=O)[O-])cc1. The van der Waals surface area contributed by atoms with Crippen LogP contribution in [0.5, 0.6) is 0 Å². The molecule has 0 spiro atoms. The summed E-state index contributed by atoms with van der Waals surface area (Å²) in [5.41, 5.74) is 2.05. The van der Waals surface area contributed by atoms with Crippen molar-refractivity contribution in [3.05, 3.63) is 106 Å². The Kier molecular flexibility index (Phi) is 6.55. The van der Waals surface area contributed by atoms with Gasteiger partial charge < -0.3 is 0 Å². The summed E-state index contributed by atoms with van der Waals surface area (Å²) in [6.45, 7) is 0. The fraction of sp³-hybridized carbons (Fsp3) is 0. The molecular weight excluding hydrogens is 476 g/mol. The fourth-order valence-electron chi connectivity index (χ4n) is 2.53. The molecule has 0 aliphatic carbocycles. The van der Waals surface area contributed by atoms with E-state index in [1.165, 1.54) is 24.3 Å². The van der Waals surface area contributed by atoms with Gasteiger partial charge in [0.1, 0.15) is 10.3 Å². The molecule has 0 fully saturated rings. The van der Waals surface area contributed by atoms with Gasteiger partial charge in [-0.3, -0.25) is 45.2 Å². The van der Waals surface area contributed by atoms with Gasteiger partial charge in [-0.05, 0) is 30.3 Å². The van der Waals surface area contributed by atoms with E-state index in [1.54, 1.807) is 0 Å². The summed E-state index contributed by atoms with van der Waals surface area (Å²) in [5.74, 6) is 0. The summed E-state index contributed by atoms with van der Waals surface area (Å²) < 4.78 is 32.6. The average Bonchev–Trinajstić information content (AvgIpc) is 2.78. The van der Waals surface area contributed by atoms with Crippen molar-refractivity contribution in [1.29, 1.82) is 0 Å². The highest BCUT2D eigenvalue weighted by molar-refractivity contribution is 7.85. The van der Waals surface area contributed by atoms with Crippen LogP contribution in [0.2, 0.25) is 0 Å². The first kappa shape index (κ1) is 23.8. The van der Waals surface area contributed by atoms with Crippen LogP contribution >= 0.6 is 0 Å². The van der Waals surface area contributed by atoms with Gasteiger partial charge >= 0.3 is 0 Å². The highest BCUT2D eigenvalue weighted by Gasteiger charge is 2.19. The van der Waals surface area contributed by atoms with Gasteiger partial charge in [-0.15, -0.1) is 0 Å². The number of nitro groups is 2. The van der Waals surface area contributed by atoms with Crippen molar-refractivity contribution < 1.29 is 22.8 Å². The quantitative estimate of drug-likeness (QED) is 0.231. The monoisotopic (exact) mass is 488 g/mol. The molecule has 0 aliphatic heterocycles. The minimum Gasteiger partial charge on any atom is -0.286 e. The number of hydrogen-bond donors (Lipinski definition) is 3. The van der Waals surface area contributed by atoms with Gasteiger partial charge in [0.25, 0.3) is 21.5 Å². The number of anilines is 2. The molecule has 0 aliphatic rings. The van der Waals surface area contributed by atoms with E-state index < -0.39 is 46.4 Å². The molecule has 0 aromatic heterocycles. The van der Waals surface area contributed by atoms with Gasteiger partial charge in [-0.1, -0.05) is 0 Å². The van der Waals surface area contributed by atoms with E-state index in [4.69, 9.17) is 0 Å². The number of rotatable bonds is 7. The van der Waals surface area contributed by atoms with Crippen LogP contribution in [0.15, 0.2) is 79.3 Å². The zero-order chi connectivity index (χ0) is 25.0. The van der Waals surface area contributed by atoms with Crippen molar-refractivity contribution in [2.24, 2.45) is 10.2 Å². The molecule has 0 radical (unpaired) electrons. The zero-order valence-electron chi connectivity index (χ0n) is 16.6. The van der Waals surface area contributed by atoms with E-state index in [1.807, 2.05) is 0 Å². The average molecular weight is 488 g/mol. The summed E-state index contributed by atoms with van der Waals surface area (Å²) in [4.78, 5) is 44.1. The Morgan fingerprint density at radius 1 is 0.765 bits per heavy atom. The van der Waals surface area contributed by atoms with Crippen molar-refractivity contribution in [2.45, 2.75) is 4.90 Å². The van der Waals surface area contributed by atoms with Crippen LogP contribution in [-0.2, 0) is 10.1 Å². The summed E-state index contributed by atoms with van der Waals surface area (Å²) >= 11 is 0. The van der Waals surface area contributed by atoms with E-state index in [-0.39, 0.29) is 22.7 Å². The van der Waals surface area contributed by atoms with Crippen molar-refractivity contribution >= 4 is 32.9 Å². The first-order valence-corrected chi connectivity index (χ1v) is 10.4. The molecule has 34 heavy (non-hydrogen) atoms. The summed E-state index contributed by atoms with van der Waals surface area (Å²) in [6, 6.07) is 10.1. The van der Waals surface area contributed by atoms with Crippen LogP contribution in [0.4, 0.5) is 22.7 Å². The first-order valence-electron chi connectivity index (χ1n) is 8.92. The smallest absolute Gasteiger partial charge is 0.286 e. The lowest BCUT2D eigenvalue weighted by Crippen LogP contribution is -2.50. The highest BCUT2D eigenvalue weighted by Crippen LogP contribution is 2.15. The van der Waals surface area contributed by atoms with E-state index >= 15 is 0 Å². The molecule has 174 valence electrons. The second-order valence-electron chi connectivity index (χ2n) is 6.43. The predicted molar refractivity (Wildman–Crippen MR) is 116 cm³/mol. The molecule has 16 heteroatoms. The Morgan fingerprint density at radius 2 is 1.21 bits per heavy atom. The highest BCUT2D eigenvalue weighted by atomic mass is 32.2. The maximum absolute atomic E-state index is 12.7. The second-order valence-corrected chi connectivity index (χ2v) is 7.82. The van der Waals surface area contributed by atoms with E-state index in [0.717, 1.165) is 24.3 Å². The Morgan fingerprint density at radius 3 is 1.62 bits per heavy atom. The Bertz CT molecular complexity index is 1610. The number of nitrogens with one attached hydrogen (secondary N) is 2. The lowest BCUT2D eigenvalue weighted by atomic mass is 10.3. The Labute approximate surface area is 188 Å². The molecule has 3 aromatic rings. The summed E-state index contributed by atoms with van der Waals surface area (Å²) in [6.07, 6.45) is 0. The van der Waals surface area contributed by atoms with E-state index in [2.05, 4.69) is 21.1 Å². The van der Waals surface area contributed by atoms with Gasteiger partial charge in [0.2, 0.25) is 10.9 Å². The van der Waals surface area contributed by atoms with Gasteiger partial charge in [0.05, 0.1) is 21.2 Å². The molecule has 3 rings (SSSR count). The topological polar surface area (TPSA) is 224 Å². The van der Waals surface area contributed by atoms with Crippen molar-refractivity contribution in [1.82, 2.24) is 0 Å². The number of non-ortho nitro benzene ring substituents is 2.